The van der Waals surface area contributed by atoms with Crippen LogP contribution in [-0.4, -0.2) is 18.5 Å². The number of rotatable bonds is 4. The maximum atomic E-state index is 11.9. The molecule has 2 heterocycles. The van der Waals surface area contributed by atoms with E-state index in [2.05, 4.69) is 0 Å². The van der Waals surface area contributed by atoms with Crippen molar-refractivity contribution in [2.24, 2.45) is 0 Å². The Hall–Kier alpha value is -1.09. The molecule has 0 saturated carbocycles. The molecule has 3 nitrogen and oxygen atoms in total. The molecule has 0 N–H and O–H groups in total. The molecule has 16 heavy (non-hydrogen) atoms. The predicted octanol–water partition coefficient (Wildman–Crippen LogP) is 3.04. The van der Waals surface area contributed by atoms with Crippen LogP contribution in [0.2, 0.25) is 0 Å². The summed E-state index contributed by atoms with van der Waals surface area (Å²) in [5.74, 6) is 1.71. The van der Waals surface area contributed by atoms with Gasteiger partial charge < -0.3 is 9.15 Å². The summed E-state index contributed by atoms with van der Waals surface area (Å²) in [4.78, 5) is 11.9. The molecule has 1 atom stereocenters. The van der Waals surface area contributed by atoms with Gasteiger partial charge in [0.25, 0.3) is 0 Å². The van der Waals surface area contributed by atoms with E-state index in [-0.39, 0.29) is 11.9 Å². The minimum absolute atomic E-state index is 0.171. The highest BCUT2D eigenvalue weighted by molar-refractivity contribution is 5.97. The second-order valence-electron chi connectivity index (χ2n) is 4.42. The predicted molar refractivity (Wildman–Crippen MR) is 60.7 cm³/mol. The lowest BCUT2D eigenvalue weighted by Crippen LogP contribution is -2.09. The summed E-state index contributed by atoms with van der Waals surface area (Å²) in [7, 11) is 0. The number of hydrogen-bond acceptors (Lipinski definition) is 3. The van der Waals surface area contributed by atoms with Crippen LogP contribution in [0.4, 0.5) is 0 Å². The molecule has 1 saturated heterocycles. The topological polar surface area (TPSA) is 39.4 Å². The van der Waals surface area contributed by atoms with E-state index in [0.29, 0.717) is 6.42 Å². The zero-order valence-corrected chi connectivity index (χ0v) is 9.91. The van der Waals surface area contributed by atoms with E-state index in [9.17, 15) is 4.79 Å². The maximum absolute atomic E-state index is 11.9. The molecule has 0 amide bonds. The zero-order valence-electron chi connectivity index (χ0n) is 9.91. The monoisotopic (exact) mass is 222 g/mol. The third-order valence-electron chi connectivity index (χ3n) is 3.06. The molecule has 88 valence electrons. The van der Waals surface area contributed by atoms with Gasteiger partial charge in [0.2, 0.25) is 0 Å². The van der Waals surface area contributed by atoms with Crippen LogP contribution in [0.25, 0.3) is 0 Å². The second-order valence-corrected chi connectivity index (χ2v) is 4.42. The van der Waals surface area contributed by atoms with Crippen LogP contribution >= 0.6 is 0 Å². The normalized spacial score (nSPS) is 20.2. The number of aryl methyl sites for hydroxylation is 2. The SMILES string of the molecule is Cc1cc(C(=O)CCC2CCCO2)c(C)o1. The summed E-state index contributed by atoms with van der Waals surface area (Å²) in [5, 5.41) is 0. The maximum Gasteiger partial charge on any atom is 0.166 e. The smallest absolute Gasteiger partial charge is 0.166 e. The van der Waals surface area contributed by atoms with E-state index < -0.39 is 0 Å². The van der Waals surface area contributed by atoms with Gasteiger partial charge in [-0.1, -0.05) is 0 Å². The van der Waals surface area contributed by atoms with Crippen molar-refractivity contribution in [1.82, 2.24) is 0 Å². The average Bonchev–Trinajstić information content (AvgIpc) is 2.84. The summed E-state index contributed by atoms with van der Waals surface area (Å²) in [6, 6.07) is 1.83. The van der Waals surface area contributed by atoms with Crippen LogP contribution in [0.15, 0.2) is 10.5 Å². The quantitative estimate of drug-likeness (QED) is 0.735. The number of carbonyl (C=O) groups is 1. The van der Waals surface area contributed by atoms with Crippen molar-refractivity contribution >= 4 is 5.78 Å². The lowest BCUT2D eigenvalue weighted by atomic mass is 10.0. The Kier molecular flexibility index (Phi) is 3.44. The fraction of sp³-hybridized carbons (Fsp3) is 0.615. The van der Waals surface area contributed by atoms with E-state index in [1.54, 1.807) is 0 Å². The molecule has 1 aromatic rings. The van der Waals surface area contributed by atoms with Crippen LogP contribution in [0, 0.1) is 13.8 Å². The number of Topliss-reactive ketones (excluding diaryl/α,β-unsaturated/α-hetero) is 1. The lowest BCUT2D eigenvalue weighted by molar-refractivity contribution is 0.0858. The largest absolute Gasteiger partial charge is 0.466 e. The molecule has 0 aromatic carbocycles. The van der Waals surface area contributed by atoms with Crippen LogP contribution in [0.5, 0.6) is 0 Å². The molecule has 0 bridgehead atoms. The minimum Gasteiger partial charge on any atom is -0.466 e. The summed E-state index contributed by atoms with van der Waals surface area (Å²) < 4.78 is 10.9. The standard InChI is InChI=1S/C13H18O3/c1-9-8-12(10(2)16-9)13(14)6-5-11-4-3-7-15-11/h8,11H,3-7H2,1-2H3. The van der Waals surface area contributed by atoms with Gasteiger partial charge in [-0.25, -0.2) is 0 Å². The van der Waals surface area contributed by atoms with E-state index >= 15 is 0 Å². The van der Waals surface area contributed by atoms with Gasteiger partial charge in [-0.3, -0.25) is 4.79 Å². The first kappa shape index (κ1) is 11.4. The Morgan fingerprint density at radius 3 is 2.88 bits per heavy atom. The van der Waals surface area contributed by atoms with Crippen LogP contribution in [0.1, 0.15) is 47.6 Å². The van der Waals surface area contributed by atoms with Crippen LogP contribution < -0.4 is 0 Å². The Labute approximate surface area is 95.8 Å². The third-order valence-corrected chi connectivity index (χ3v) is 3.06. The number of hydrogen-bond donors (Lipinski definition) is 0. The molecule has 1 aliphatic rings. The summed E-state index contributed by atoms with van der Waals surface area (Å²) in [5.41, 5.74) is 0.732. The van der Waals surface area contributed by atoms with Crippen molar-refractivity contribution in [2.75, 3.05) is 6.61 Å². The van der Waals surface area contributed by atoms with Crippen molar-refractivity contribution in [3.8, 4) is 0 Å². The highest BCUT2D eigenvalue weighted by Gasteiger charge is 2.19. The van der Waals surface area contributed by atoms with Crippen LogP contribution in [-0.2, 0) is 4.74 Å². The van der Waals surface area contributed by atoms with Crippen molar-refractivity contribution in [2.45, 2.75) is 45.6 Å². The number of ketones is 1. The molecular formula is C13H18O3. The minimum atomic E-state index is 0.171. The zero-order chi connectivity index (χ0) is 11.5. The Bertz CT molecular complexity index is 373. The fourth-order valence-electron chi connectivity index (χ4n) is 2.21. The molecule has 2 rings (SSSR count). The van der Waals surface area contributed by atoms with Gasteiger partial charge in [0, 0.05) is 13.0 Å². The summed E-state index contributed by atoms with van der Waals surface area (Å²) in [6.07, 6.45) is 3.91. The molecule has 1 unspecified atom stereocenters. The summed E-state index contributed by atoms with van der Waals surface area (Å²) in [6.45, 7) is 4.55. The van der Waals surface area contributed by atoms with E-state index in [4.69, 9.17) is 9.15 Å². The molecule has 0 radical (unpaired) electrons. The molecule has 1 aromatic heterocycles. The van der Waals surface area contributed by atoms with Gasteiger partial charge in [0.1, 0.15) is 11.5 Å². The molecule has 1 fully saturated rings. The summed E-state index contributed by atoms with van der Waals surface area (Å²) >= 11 is 0. The van der Waals surface area contributed by atoms with Crippen molar-refractivity contribution in [3.05, 3.63) is 23.2 Å². The Balaban J connectivity index is 1.90. The highest BCUT2D eigenvalue weighted by atomic mass is 16.5. The lowest BCUT2D eigenvalue weighted by Gasteiger charge is -2.07. The molecule has 3 heteroatoms. The number of furan rings is 1. The first-order valence-electron chi connectivity index (χ1n) is 5.88. The Morgan fingerprint density at radius 1 is 1.50 bits per heavy atom. The van der Waals surface area contributed by atoms with Gasteiger partial charge >= 0.3 is 0 Å². The van der Waals surface area contributed by atoms with Crippen molar-refractivity contribution in [3.63, 3.8) is 0 Å². The Morgan fingerprint density at radius 2 is 2.31 bits per heavy atom. The van der Waals surface area contributed by atoms with E-state index in [1.807, 2.05) is 19.9 Å². The van der Waals surface area contributed by atoms with Gasteiger partial charge in [-0.15, -0.1) is 0 Å². The fourth-order valence-corrected chi connectivity index (χ4v) is 2.21. The number of ether oxygens (including phenoxy) is 1. The average molecular weight is 222 g/mol. The number of carbonyl (C=O) groups excluding carboxylic acids is 1. The van der Waals surface area contributed by atoms with Gasteiger partial charge in [0.15, 0.2) is 5.78 Å². The van der Waals surface area contributed by atoms with E-state index in [0.717, 1.165) is 43.0 Å². The molecular weight excluding hydrogens is 204 g/mol. The second kappa shape index (κ2) is 4.83. The van der Waals surface area contributed by atoms with E-state index in [1.165, 1.54) is 0 Å². The molecule has 0 spiro atoms. The van der Waals surface area contributed by atoms with Crippen molar-refractivity contribution in [1.29, 1.82) is 0 Å². The van der Waals surface area contributed by atoms with Gasteiger partial charge in [-0.2, -0.15) is 0 Å². The first-order chi connectivity index (χ1) is 7.66. The molecule has 1 aliphatic heterocycles. The molecule has 0 aliphatic carbocycles. The third kappa shape index (κ3) is 2.53. The van der Waals surface area contributed by atoms with Crippen LogP contribution in [0.3, 0.4) is 0 Å². The first-order valence-corrected chi connectivity index (χ1v) is 5.88. The van der Waals surface area contributed by atoms with Crippen molar-refractivity contribution < 1.29 is 13.9 Å². The highest BCUT2D eigenvalue weighted by Crippen LogP contribution is 2.20. The van der Waals surface area contributed by atoms with Gasteiger partial charge in [0.05, 0.1) is 11.7 Å². The van der Waals surface area contributed by atoms with Gasteiger partial charge in [-0.05, 0) is 39.2 Å².